The molecule has 2 heterocycles. The van der Waals surface area contributed by atoms with Crippen LogP contribution in [0.25, 0.3) is 0 Å². The number of aromatic nitrogens is 3. The lowest BCUT2D eigenvalue weighted by atomic mass is 10.0. The summed E-state index contributed by atoms with van der Waals surface area (Å²) >= 11 is 11.9. The Bertz CT molecular complexity index is 603. The van der Waals surface area contributed by atoms with Gasteiger partial charge in [-0.3, -0.25) is 0 Å². The molecule has 1 aliphatic rings. The molecule has 19 heavy (non-hydrogen) atoms. The van der Waals surface area contributed by atoms with E-state index in [-0.39, 0.29) is 5.28 Å². The van der Waals surface area contributed by atoms with Crippen LogP contribution in [0.1, 0.15) is 17.5 Å². The quantitative estimate of drug-likeness (QED) is 0.810. The number of aryl methyl sites for hydroxylation is 1. The molecule has 0 saturated heterocycles. The summed E-state index contributed by atoms with van der Waals surface area (Å²) in [7, 11) is 0. The van der Waals surface area contributed by atoms with E-state index in [1.165, 1.54) is 11.1 Å². The van der Waals surface area contributed by atoms with E-state index < -0.39 is 0 Å². The molecule has 1 aliphatic heterocycles. The van der Waals surface area contributed by atoms with Crippen molar-refractivity contribution in [1.29, 1.82) is 0 Å². The fourth-order valence-electron chi connectivity index (χ4n) is 2.37. The van der Waals surface area contributed by atoms with Gasteiger partial charge in [0.25, 0.3) is 0 Å². The number of hydrogen-bond acceptors (Lipinski definition) is 4. The highest BCUT2D eigenvalue weighted by Gasteiger charge is 2.19. The Balaban J connectivity index is 1.96. The molecular weight excluding hydrogens is 283 g/mol. The smallest absolute Gasteiger partial charge is 0.245 e. The number of fused-ring (bicyclic) bond motifs is 1. The molecule has 0 bridgehead atoms. The molecule has 0 amide bonds. The summed E-state index contributed by atoms with van der Waals surface area (Å²) in [6, 6.07) is 8.43. The molecule has 0 saturated carbocycles. The zero-order valence-electron chi connectivity index (χ0n) is 10.2. The Labute approximate surface area is 121 Å². The molecule has 0 unspecified atom stereocenters. The molecule has 0 radical (unpaired) electrons. The van der Waals surface area contributed by atoms with Gasteiger partial charge in [-0.25, -0.2) is 0 Å². The highest BCUT2D eigenvalue weighted by atomic mass is 35.5. The van der Waals surface area contributed by atoms with Crippen LogP contribution in [0.3, 0.4) is 0 Å². The molecule has 3 rings (SSSR count). The summed E-state index contributed by atoms with van der Waals surface area (Å²) in [6.07, 6.45) is 2.12. The molecule has 0 aliphatic carbocycles. The maximum absolute atomic E-state index is 6.07. The van der Waals surface area contributed by atoms with Crippen LogP contribution in [-0.2, 0) is 13.0 Å². The molecule has 6 heteroatoms. The van der Waals surface area contributed by atoms with Gasteiger partial charge in [0.05, 0.1) is 0 Å². The van der Waals surface area contributed by atoms with Gasteiger partial charge in [0, 0.05) is 13.1 Å². The van der Waals surface area contributed by atoms with Crippen LogP contribution in [0.15, 0.2) is 24.3 Å². The number of benzene rings is 1. The molecule has 1 aromatic carbocycles. The Morgan fingerprint density at radius 2 is 1.84 bits per heavy atom. The van der Waals surface area contributed by atoms with Gasteiger partial charge in [0.15, 0.2) is 11.0 Å². The monoisotopic (exact) mass is 294 g/mol. The van der Waals surface area contributed by atoms with E-state index in [2.05, 4.69) is 44.3 Å². The first-order valence-electron chi connectivity index (χ1n) is 6.11. The summed E-state index contributed by atoms with van der Waals surface area (Å²) < 4.78 is 0. The van der Waals surface area contributed by atoms with Gasteiger partial charge in [-0.1, -0.05) is 35.9 Å². The van der Waals surface area contributed by atoms with Crippen molar-refractivity contribution in [3.05, 3.63) is 45.8 Å². The van der Waals surface area contributed by atoms with E-state index >= 15 is 0 Å². The lowest BCUT2D eigenvalue weighted by molar-refractivity contribution is 0.746. The lowest BCUT2D eigenvalue weighted by Crippen LogP contribution is -2.24. The van der Waals surface area contributed by atoms with E-state index in [1.54, 1.807) is 0 Å². The van der Waals surface area contributed by atoms with Crippen molar-refractivity contribution in [2.24, 2.45) is 0 Å². The van der Waals surface area contributed by atoms with E-state index in [0.717, 1.165) is 25.9 Å². The van der Waals surface area contributed by atoms with Gasteiger partial charge in [-0.2, -0.15) is 4.98 Å². The van der Waals surface area contributed by atoms with Crippen LogP contribution >= 0.6 is 23.2 Å². The minimum Gasteiger partial charge on any atom is -0.350 e. The summed E-state index contributed by atoms with van der Waals surface area (Å²) in [6.45, 7) is 1.65. The van der Waals surface area contributed by atoms with Crippen LogP contribution in [0.5, 0.6) is 0 Å². The molecular formula is C13H12Cl2N4. The molecule has 0 N–H and O–H groups in total. The first kappa shape index (κ1) is 12.6. The molecule has 0 fully saturated rings. The SMILES string of the molecule is Clc1nnc(Cl)c(N2CCCc3ccccc3C2)n1. The topological polar surface area (TPSA) is 41.9 Å². The number of anilines is 1. The van der Waals surface area contributed by atoms with Crippen molar-refractivity contribution >= 4 is 29.0 Å². The van der Waals surface area contributed by atoms with Gasteiger partial charge in [-0.05, 0) is 35.6 Å². The Hall–Kier alpha value is -1.39. The first-order valence-corrected chi connectivity index (χ1v) is 6.87. The van der Waals surface area contributed by atoms with Crippen molar-refractivity contribution in [2.45, 2.75) is 19.4 Å². The number of hydrogen-bond donors (Lipinski definition) is 0. The van der Waals surface area contributed by atoms with E-state index in [9.17, 15) is 0 Å². The molecule has 0 spiro atoms. The Kier molecular flexibility index (Phi) is 3.53. The van der Waals surface area contributed by atoms with Crippen molar-refractivity contribution in [3.63, 3.8) is 0 Å². The second-order valence-corrected chi connectivity index (χ2v) is 5.19. The maximum Gasteiger partial charge on any atom is 0.245 e. The van der Waals surface area contributed by atoms with Crippen molar-refractivity contribution in [3.8, 4) is 0 Å². The van der Waals surface area contributed by atoms with Gasteiger partial charge in [-0.15, -0.1) is 10.2 Å². The lowest BCUT2D eigenvalue weighted by Gasteiger charge is -2.22. The fourth-order valence-corrected chi connectivity index (χ4v) is 2.69. The van der Waals surface area contributed by atoms with Gasteiger partial charge < -0.3 is 4.90 Å². The third kappa shape index (κ3) is 2.65. The summed E-state index contributed by atoms with van der Waals surface area (Å²) in [5, 5.41) is 7.88. The average Bonchev–Trinajstić information content (AvgIpc) is 2.63. The van der Waals surface area contributed by atoms with Crippen molar-refractivity contribution in [1.82, 2.24) is 15.2 Å². The standard InChI is InChI=1S/C13H12Cl2N4/c14-11-12(16-13(15)18-17-11)19-7-3-6-9-4-1-2-5-10(9)8-19/h1-2,4-5H,3,6-8H2. The Morgan fingerprint density at radius 3 is 2.68 bits per heavy atom. The first-order chi connectivity index (χ1) is 9.24. The third-order valence-electron chi connectivity index (χ3n) is 3.26. The van der Waals surface area contributed by atoms with Crippen LogP contribution in [0.4, 0.5) is 5.82 Å². The molecule has 0 atom stereocenters. The number of rotatable bonds is 1. The highest BCUT2D eigenvalue weighted by Crippen LogP contribution is 2.27. The molecule has 1 aromatic heterocycles. The third-order valence-corrected chi connectivity index (χ3v) is 3.66. The Morgan fingerprint density at radius 1 is 1.05 bits per heavy atom. The number of halogens is 2. The van der Waals surface area contributed by atoms with E-state index in [4.69, 9.17) is 23.2 Å². The molecule has 98 valence electrons. The van der Waals surface area contributed by atoms with Crippen molar-refractivity contribution in [2.75, 3.05) is 11.4 Å². The highest BCUT2D eigenvalue weighted by molar-refractivity contribution is 6.32. The predicted octanol–water partition coefficient (Wildman–Crippen LogP) is 3.13. The zero-order chi connectivity index (χ0) is 13.2. The van der Waals surface area contributed by atoms with E-state index in [0.29, 0.717) is 11.0 Å². The minimum atomic E-state index is 0.122. The molecule has 4 nitrogen and oxygen atoms in total. The molecule has 2 aromatic rings. The maximum atomic E-state index is 6.07. The average molecular weight is 295 g/mol. The second-order valence-electron chi connectivity index (χ2n) is 4.49. The van der Waals surface area contributed by atoms with Gasteiger partial charge >= 0.3 is 0 Å². The second kappa shape index (κ2) is 5.31. The minimum absolute atomic E-state index is 0.122. The van der Waals surface area contributed by atoms with Gasteiger partial charge in [0.1, 0.15) is 0 Å². The van der Waals surface area contributed by atoms with Crippen LogP contribution in [0, 0.1) is 0 Å². The van der Waals surface area contributed by atoms with E-state index in [1.807, 2.05) is 0 Å². The zero-order valence-corrected chi connectivity index (χ0v) is 11.7. The summed E-state index contributed by atoms with van der Waals surface area (Å²) in [4.78, 5) is 6.30. The van der Waals surface area contributed by atoms with Crippen LogP contribution in [-0.4, -0.2) is 21.7 Å². The summed E-state index contributed by atoms with van der Waals surface area (Å²) in [5.41, 5.74) is 2.68. The largest absolute Gasteiger partial charge is 0.350 e. The fraction of sp³-hybridized carbons (Fsp3) is 0.308. The van der Waals surface area contributed by atoms with Gasteiger partial charge in [0.2, 0.25) is 5.28 Å². The summed E-state index contributed by atoms with van der Waals surface area (Å²) in [5.74, 6) is 0.610. The van der Waals surface area contributed by atoms with Crippen LogP contribution < -0.4 is 4.90 Å². The normalized spacial score (nSPS) is 14.9. The predicted molar refractivity (Wildman–Crippen MR) is 75.7 cm³/mol. The van der Waals surface area contributed by atoms with Crippen molar-refractivity contribution < 1.29 is 0 Å². The van der Waals surface area contributed by atoms with Crippen LogP contribution in [0.2, 0.25) is 10.4 Å². The number of nitrogens with zero attached hydrogens (tertiary/aromatic N) is 4.